The normalized spacial score (nSPS) is 13.6. The van der Waals surface area contributed by atoms with Crippen LogP contribution in [0.25, 0.3) is 0 Å². The largest absolute Gasteiger partial charge is 0.462 e. The van der Waals surface area contributed by atoms with Gasteiger partial charge in [-0.3, -0.25) is 9.59 Å². The number of aliphatic hydroxyl groups is 2. The molecule has 0 fully saturated rings. The summed E-state index contributed by atoms with van der Waals surface area (Å²) in [5.41, 5.74) is 0. The number of carbonyl (C=O) groups excluding carboxylic acids is 2. The molecule has 0 radical (unpaired) electrons. The summed E-state index contributed by atoms with van der Waals surface area (Å²) in [6.07, 6.45) is 72.5. The Hall–Kier alpha value is -2.70. The van der Waals surface area contributed by atoms with Crippen molar-refractivity contribution in [1.29, 1.82) is 0 Å². The first-order chi connectivity index (χ1) is 34.0. The lowest BCUT2D eigenvalue weighted by Crippen LogP contribution is -2.46. The zero-order chi connectivity index (χ0) is 50.2. The number of unbranched alkanes of at least 4 members (excludes halogenated alkanes) is 30. The van der Waals surface area contributed by atoms with E-state index in [1.807, 2.05) is 0 Å². The molecule has 0 saturated carbocycles. The van der Waals surface area contributed by atoms with Gasteiger partial charge in [-0.2, -0.15) is 0 Å². The smallest absolute Gasteiger partial charge is 0.306 e. The predicted octanol–water partition coefficient (Wildman–Crippen LogP) is 18.5. The number of amides is 1. The molecule has 0 aliphatic carbocycles. The summed E-state index contributed by atoms with van der Waals surface area (Å²) < 4.78 is 5.94. The fraction of sp³-hybridized carbons (Fsp3) is 0.778. The van der Waals surface area contributed by atoms with Crippen LogP contribution in [0.1, 0.15) is 290 Å². The summed E-state index contributed by atoms with van der Waals surface area (Å²) in [7, 11) is 0. The van der Waals surface area contributed by atoms with Crippen LogP contribution in [0.5, 0.6) is 0 Å². The molecular formula is C63H113NO5. The molecule has 69 heavy (non-hydrogen) atoms. The van der Waals surface area contributed by atoms with Gasteiger partial charge in [-0.05, 0) is 96.3 Å². The zero-order valence-corrected chi connectivity index (χ0v) is 45.7. The SMILES string of the molecule is CCCCC/C=C\C/C=C\C/C=C\C/C=C\CCCCCC(=O)OC(CCCCC/C=C/C=C/CCCCCCCCC)CC(=O)NC(CO)C(O)CCCCCCCCCCCCCCCCC. The van der Waals surface area contributed by atoms with Gasteiger partial charge in [-0.25, -0.2) is 0 Å². The van der Waals surface area contributed by atoms with Gasteiger partial charge in [-0.1, -0.05) is 254 Å². The number of nitrogens with one attached hydrogen (secondary N) is 1. The fourth-order valence-electron chi connectivity index (χ4n) is 8.76. The van der Waals surface area contributed by atoms with Gasteiger partial charge in [0.25, 0.3) is 0 Å². The monoisotopic (exact) mass is 964 g/mol. The Kier molecular flexibility index (Phi) is 54.0. The molecule has 6 heteroatoms. The third-order valence-corrected chi connectivity index (χ3v) is 13.3. The van der Waals surface area contributed by atoms with E-state index in [-0.39, 0.29) is 24.9 Å². The third-order valence-electron chi connectivity index (χ3n) is 13.3. The number of allylic oxidation sites excluding steroid dienone is 12. The Morgan fingerprint density at radius 1 is 0.435 bits per heavy atom. The highest BCUT2D eigenvalue weighted by Gasteiger charge is 2.24. The second kappa shape index (κ2) is 56.2. The second-order valence-corrected chi connectivity index (χ2v) is 20.1. The van der Waals surface area contributed by atoms with Crippen LogP contribution >= 0.6 is 0 Å². The molecule has 0 spiro atoms. The van der Waals surface area contributed by atoms with Crippen molar-refractivity contribution in [2.45, 2.75) is 309 Å². The minimum absolute atomic E-state index is 0.0451. The molecule has 1 amide bonds. The highest BCUT2D eigenvalue weighted by molar-refractivity contribution is 5.77. The fourth-order valence-corrected chi connectivity index (χ4v) is 8.76. The van der Waals surface area contributed by atoms with Crippen molar-refractivity contribution in [1.82, 2.24) is 5.32 Å². The van der Waals surface area contributed by atoms with Crippen LogP contribution in [0.3, 0.4) is 0 Å². The summed E-state index contributed by atoms with van der Waals surface area (Å²) in [5.74, 6) is -0.531. The molecule has 6 nitrogen and oxygen atoms in total. The van der Waals surface area contributed by atoms with Gasteiger partial charge < -0.3 is 20.3 Å². The zero-order valence-electron chi connectivity index (χ0n) is 45.7. The van der Waals surface area contributed by atoms with Crippen molar-refractivity contribution in [3.05, 3.63) is 72.9 Å². The number of rotatable bonds is 53. The van der Waals surface area contributed by atoms with Crippen LogP contribution < -0.4 is 5.32 Å². The molecule has 0 aromatic carbocycles. The van der Waals surface area contributed by atoms with Crippen LogP contribution in [0.2, 0.25) is 0 Å². The number of aliphatic hydroxyl groups excluding tert-OH is 2. The molecule has 0 aliphatic rings. The van der Waals surface area contributed by atoms with Crippen LogP contribution in [0, 0.1) is 0 Å². The Labute approximate surface area is 428 Å². The molecule has 3 unspecified atom stereocenters. The van der Waals surface area contributed by atoms with Gasteiger partial charge in [0.15, 0.2) is 0 Å². The Morgan fingerprint density at radius 2 is 0.783 bits per heavy atom. The van der Waals surface area contributed by atoms with Gasteiger partial charge in [0.2, 0.25) is 5.91 Å². The van der Waals surface area contributed by atoms with Crippen molar-refractivity contribution in [3.8, 4) is 0 Å². The predicted molar refractivity (Wildman–Crippen MR) is 301 cm³/mol. The molecule has 0 aliphatic heterocycles. The second-order valence-electron chi connectivity index (χ2n) is 20.1. The molecular weight excluding hydrogens is 851 g/mol. The van der Waals surface area contributed by atoms with E-state index >= 15 is 0 Å². The topological polar surface area (TPSA) is 95.9 Å². The molecule has 3 atom stereocenters. The lowest BCUT2D eigenvalue weighted by molar-refractivity contribution is -0.151. The molecule has 3 N–H and O–H groups in total. The summed E-state index contributed by atoms with van der Waals surface area (Å²) in [4.78, 5) is 26.3. The average molecular weight is 965 g/mol. The van der Waals surface area contributed by atoms with Gasteiger partial charge >= 0.3 is 5.97 Å². The van der Waals surface area contributed by atoms with Crippen molar-refractivity contribution < 1.29 is 24.5 Å². The van der Waals surface area contributed by atoms with Crippen LogP contribution in [-0.4, -0.2) is 46.9 Å². The van der Waals surface area contributed by atoms with E-state index in [1.165, 1.54) is 148 Å². The number of hydrogen-bond donors (Lipinski definition) is 3. The van der Waals surface area contributed by atoms with E-state index in [1.54, 1.807) is 0 Å². The van der Waals surface area contributed by atoms with Crippen molar-refractivity contribution in [3.63, 3.8) is 0 Å². The van der Waals surface area contributed by atoms with Crippen molar-refractivity contribution in [2.75, 3.05) is 6.61 Å². The molecule has 0 saturated heterocycles. The summed E-state index contributed by atoms with van der Waals surface area (Å²) in [5, 5.41) is 23.9. The molecule has 0 aromatic heterocycles. The van der Waals surface area contributed by atoms with Crippen LogP contribution in [-0.2, 0) is 14.3 Å². The molecule has 400 valence electrons. The Bertz CT molecular complexity index is 1270. The summed E-state index contributed by atoms with van der Waals surface area (Å²) in [6, 6.07) is -0.721. The maximum absolute atomic E-state index is 13.3. The minimum Gasteiger partial charge on any atom is -0.462 e. The van der Waals surface area contributed by atoms with Gasteiger partial charge in [0, 0.05) is 6.42 Å². The van der Waals surface area contributed by atoms with Crippen LogP contribution in [0.15, 0.2) is 72.9 Å². The van der Waals surface area contributed by atoms with Crippen LogP contribution in [0.4, 0.5) is 0 Å². The number of ether oxygens (including phenoxy) is 1. The lowest BCUT2D eigenvalue weighted by atomic mass is 10.0. The summed E-state index contributed by atoms with van der Waals surface area (Å²) in [6.45, 7) is 6.46. The highest BCUT2D eigenvalue weighted by atomic mass is 16.5. The lowest BCUT2D eigenvalue weighted by Gasteiger charge is -2.24. The molecule has 0 aromatic rings. The quantitative estimate of drug-likeness (QED) is 0.0244. The maximum atomic E-state index is 13.3. The molecule has 0 rings (SSSR count). The first kappa shape index (κ1) is 66.3. The molecule has 0 bridgehead atoms. The van der Waals surface area contributed by atoms with Gasteiger partial charge in [0.05, 0.1) is 25.2 Å². The minimum atomic E-state index is -0.804. The first-order valence-corrected chi connectivity index (χ1v) is 29.7. The van der Waals surface area contributed by atoms with E-state index in [0.717, 1.165) is 96.3 Å². The standard InChI is InChI=1S/C63H113NO5/c1-4-7-10-13-16-19-22-25-28-30-31-32-35-38-41-44-47-50-53-56-63(68)69-59(54-51-48-45-42-39-36-34-29-26-23-20-17-14-11-8-5-2)57-62(67)64-60(58-65)61(66)55-52-49-46-43-40-37-33-27-24-21-18-15-12-9-6-3/h16,19,25,28-29,31-32,34,36,38-39,41,59-61,65-66H,4-15,17-18,20-24,26-27,30,33,35,37,40,42-58H2,1-3H3,(H,64,67)/b19-16-,28-25-,32-31-,34-29+,39-36+,41-38-. The number of esters is 1. The first-order valence-electron chi connectivity index (χ1n) is 29.7. The highest BCUT2D eigenvalue weighted by Crippen LogP contribution is 2.18. The van der Waals surface area contributed by atoms with Gasteiger partial charge in [0.1, 0.15) is 6.10 Å². The van der Waals surface area contributed by atoms with Crippen molar-refractivity contribution in [2.24, 2.45) is 0 Å². The number of hydrogen-bond acceptors (Lipinski definition) is 5. The van der Waals surface area contributed by atoms with Gasteiger partial charge in [-0.15, -0.1) is 0 Å². The number of carbonyl (C=O) groups is 2. The van der Waals surface area contributed by atoms with Crippen molar-refractivity contribution >= 4 is 11.9 Å². The van der Waals surface area contributed by atoms with E-state index in [2.05, 4.69) is 99.0 Å². The third kappa shape index (κ3) is 51.5. The Balaban J connectivity index is 4.66. The molecule has 0 heterocycles. The Morgan fingerprint density at radius 3 is 1.25 bits per heavy atom. The maximum Gasteiger partial charge on any atom is 0.306 e. The summed E-state index contributed by atoms with van der Waals surface area (Å²) >= 11 is 0. The van der Waals surface area contributed by atoms with E-state index in [0.29, 0.717) is 19.3 Å². The van der Waals surface area contributed by atoms with E-state index < -0.39 is 18.2 Å². The average Bonchev–Trinajstić information content (AvgIpc) is 3.34. The van der Waals surface area contributed by atoms with E-state index in [9.17, 15) is 19.8 Å². The van der Waals surface area contributed by atoms with E-state index in [4.69, 9.17) is 4.74 Å².